The van der Waals surface area contributed by atoms with Crippen LogP contribution in [0.25, 0.3) is 21.7 Å². The van der Waals surface area contributed by atoms with Crippen LogP contribution < -0.4 is 49.5 Å². The number of nitrogens with one attached hydrogen (secondary N) is 6. The van der Waals surface area contributed by atoms with Crippen molar-refractivity contribution >= 4 is 75.7 Å². The third-order valence-electron chi connectivity index (χ3n) is 10.8. The minimum Gasteiger partial charge on any atom is -0.508 e. The number of fused-ring (bicyclic) bond motifs is 2. The molecule has 5 aromatic rings. The normalized spacial score (nSPS) is 14.0. The molecule has 15 N–H and O–H groups in total. The summed E-state index contributed by atoms with van der Waals surface area (Å²) < 4.78 is 0. The molecular formula is C46H56N10O8S. The van der Waals surface area contributed by atoms with Gasteiger partial charge in [-0.05, 0) is 71.5 Å². The number of phenolic OH excluding ortho intramolecular Hbond substituents is 1. The fourth-order valence-corrected chi connectivity index (χ4v) is 7.53. The SMILES string of the molecule is NCCCC[C@H](NC(=O)[C@H](Cc1c[nH]c2ccccc12)NC(=O)C(Cc1ccc2ccccc2c1)NC(=O)[C@@H](N)CC(N)=O)C(=O)N[C@@H](Cc1ccc(O)cc1)C(=O)N[C@@H](CS)C(N)=O. The van der Waals surface area contributed by atoms with Gasteiger partial charge in [0.15, 0.2) is 0 Å². The van der Waals surface area contributed by atoms with E-state index >= 15 is 0 Å². The van der Waals surface area contributed by atoms with E-state index in [-0.39, 0.29) is 37.2 Å². The quantitative estimate of drug-likeness (QED) is 0.0295. The average Bonchev–Trinajstić information content (AvgIpc) is 3.69. The molecule has 6 atom stereocenters. The van der Waals surface area contributed by atoms with Gasteiger partial charge in [0, 0.05) is 42.1 Å². The molecule has 1 heterocycles. The number of H-pyrrole nitrogens is 1. The summed E-state index contributed by atoms with van der Waals surface area (Å²) in [6.45, 7) is 0.291. The molecule has 7 amide bonds. The molecule has 0 saturated carbocycles. The number of amides is 7. The second-order valence-electron chi connectivity index (χ2n) is 15.8. The number of nitrogens with two attached hydrogens (primary N) is 4. The van der Waals surface area contributed by atoms with E-state index < -0.39 is 84.0 Å². The molecule has 0 spiro atoms. The summed E-state index contributed by atoms with van der Waals surface area (Å²) in [6, 6.07) is 18.7. The van der Waals surface area contributed by atoms with E-state index in [9.17, 15) is 38.7 Å². The zero-order valence-electron chi connectivity index (χ0n) is 35.6. The number of unbranched alkanes of at least 4 members (excludes halogenated alkanes) is 1. The summed E-state index contributed by atoms with van der Waals surface area (Å²) in [5.41, 5.74) is 25.2. The number of benzene rings is 4. The molecule has 0 bridgehead atoms. The van der Waals surface area contributed by atoms with Crippen molar-refractivity contribution in [1.29, 1.82) is 0 Å². The summed E-state index contributed by atoms with van der Waals surface area (Å²) in [6.07, 6.45) is 2.00. The van der Waals surface area contributed by atoms with Crippen molar-refractivity contribution < 1.29 is 38.7 Å². The van der Waals surface area contributed by atoms with Gasteiger partial charge in [0.25, 0.3) is 0 Å². The lowest BCUT2D eigenvalue weighted by Crippen LogP contribution is -2.60. The lowest BCUT2D eigenvalue weighted by Gasteiger charge is -2.27. The van der Waals surface area contributed by atoms with Gasteiger partial charge in [0.1, 0.15) is 36.0 Å². The zero-order chi connectivity index (χ0) is 47.0. The van der Waals surface area contributed by atoms with Gasteiger partial charge in [0.05, 0.1) is 12.5 Å². The maximum atomic E-state index is 14.6. The number of carbonyl (C=O) groups excluding carboxylic acids is 7. The second-order valence-corrected chi connectivity index (χ2v) is 16.1. The van der Waals surface area contributed by atoms with E-state index in [0.29, 0.717) is 36.1 Å². The second kappa shape index (κ2) is 23.6. The van der Waals surface area contributed by atoms with Gasteiger partial charge >= 0.3 is 0 Å². The van der Waals surface area contributed by atoms with Crippen LogP contribution in [0.1, 0.15) is 42.4 Å². The van der Waals surface area contributed by atoms with Crippen LogP contribution in [0.4, 0.5) is 0 Å². The van der Waals surface area contributed by atoms with Crippen LogP contribution in [0.5, 0.6) is 5.75 Å². The number of aromatic nitrogens is 1. The Kier molecular flexibility index (Phi) is 17.8. The number of hydrogen-bond donors (Lipinski definition) is 12. The van der Waals surface area contributed by atoms with Crippen LogP contribution in [0, 0.1) is 0 Å². The Balaban J connectivity index is 1.46. The predicted octanol–water partition coefficient (Wildman–Crippen LogP) is 0.225. The molecule has 0 saturated heterocycles. The van der Waals surface area contributed by atoms with Crippen LogP contribution in [0.15, 0.2) is 97.2 Å². The summed E-state index contributed by atoms with van der Waals surface area (Å²) >= 11 is 4.11. The minimum absolute atomic E-state index is 0.0198. The van der Waals surface area contributed by atoms with E-state index in [1.807, 2.05) is 60.7 Å². The van der Waals surface area contributed by atoms with E-state index in [4.69, 9.17) is 22.9 Å². The molecule has 0 aliphatic heterocycles. The molecule has 0 radical (unpaired) electrons. The predicted molar refractivity (Wildman–Crippen MR) is 249 cm³/mol. The van der Waals surface area contributed by atoms with Gasteiger partial charge in [-0.3, -0.25) is 33.6 Å². The van der Waals surface area contributed by atoms with Crippen LogP contribution in [-0.4, -0.2) is 100.0 Å². The van der Waals surface area contributed by atoms with Gasteiger partial charge < -0.3 is 59.6 Å². The number of aromatic hydroxyl groups is 1. The molecule has 19 heteroatoms. The van der Waals surface area contributed by atoms with Crippen molar-refractivity contribution in [2.75, 3.05) is 12.3 Å². The smallest absolute Gasteiger partial charge is 0.243 e. The van der Waals surface area contributed by atoms with Gasteiger partial charge in [-0.2, -0.15) is 12.6 Å². The fourth-order valence-electron chi connectivity index (χ4n) is 7.26. The van der Waals surface area contributed by atoms with Crippen molar-refractivity contribution in [3.63, 3.8) is 0 Å². The highest BCUT2D eigenvalue weighted by Crippen LogP contribution is 2.21. The van der Waals surface area contributed by atoms with Crippen molar-refractivity contribution in [3.05, 3.63) is 114 Å². The third-order valence-corrected chi connectivity index (χ3v) is 11.2. The number of thiol groups is 1. The largest absolute Gasteiger partial charge is 0.508 e. The Hall–Kier alpha value is -6.96. The molecule has 0 aliphatic carbocycles. The first-order chi connectivity index (χ1) is 31.1. The average molecular weight is 909 g/mol. The number of rotatable bonds is 24. The number of phenols is 1. The lowest BCUT2D eigenvalue weighted by atomic mass is 9.99. The number of aromatic amines is 1. The fraction of sp³-hybridized carbons (Fsp3) is 0.326. The maximum absolute atomic E-state index is 14.6. The van der Waals surface area contributed by atoms with Gasteiger partial charge in [0.2, 0.25) is 41.4 Å². The number of carbonyl (C=O) groups is 7. The van der Waals surface area contributed by atoms with Gasteiger partial charge in [-0.1, -0.05) is 72.8 Å². The van der Waals surface area contributed by atoms with E-state index in [1.54, 1.807) is 24.4 Å². The molecule has 1 unspecified atom stereocenters. The summed E-state index contributed by atoms with van der Waals surface area (Å²) in [7, 11) is 0. The highest BCUT2D eigenvalue weighted by Gasteiger charge is 2.33. The summed E-state index contributed by atoms with van der Waals surface area (Å²) in [4.78, 5) is 97.1. The lowest BCUT2D eigenvalue weighted by molar-refractivity contribution is -0.135. The van der Waals surface area contributed by atoms with Crippen LogP contribution >= 0.6 is 12.6 Å². The Morgan fingerprint density at radius 3 is 1.78 bits per heavy atom. The van der Waals surface area contributed by atoms with Crippen molar-refractivity contribution in [2.24, 2.45) is 22.9 Å². The molecule has 5 rings (SSSR count). The molecule has 65 heavy (non-hydrogen) atoms. The topological polar surface area (TPSA) is 320 Å². The van der Waals surface area contributed by atoms with Crippen molar-refractivity contribution in [2.45, 2.75) is 81.2 Å². The van der Waals surface area contributed by atoms with E-state index in [0.717, 1.165) is 21.7 Å². The molecule has 1 aromatic heterocycles. The number of hydrogen-bond acceptors (Lipinski definition) is 11. The number of primary amides is 2. The highest BCUT2D eigenvalue weighted by atomic mass is 32.1. The maximum Gasteiger partial charge on any atom is 0.243 e. The molecule has 0 aliphatic rings. The molecule has 4 aromatic carbocycles. The first-order valence-corrected chi connectivity index (χ1v) is 21.8. The van der Waals surface area contributed by atoms with Crippen molar-refractivity contribution in [1.82, 2.24) is 31.6 Å². The van der Waals surface area contributed by atoms with E-state index in [2.05, 4.69) is 44.2 Å². The minimum atomic E-state index is -1.36. The van der Waals surface area contributed by atoms with Crippen LogP contribution in [-0.2, 0) is 52.8 Å². The van der Waals surface area contributed by atoms with Crippen LogP contribution in [0.2, 0.25) is 0 Å². The molecule has 18 nitrogen and oxygen atoms in total. The Morgan fingerprint density at radius 1 is 0.615 bits per heavy atom. The standard InChI is InChI=1S/C46H56N10O8S/c47-18-6-5-11-35(43(61)54-36(20-26-13-16-31(57)17-14-26)45(63)56-39(25-65)41(50)59)52-46(64)38(22-30-24-51-34-10-4-3-9-32(30)34)55-44(62)37(53-42(60)33(48)23-40(49)58)21-27-12-15-28-7-1-2-8-29(28)19-27/h1-4,7-10,12-17,19,24,33,35-39,51,57,65H,5-6,11,18,20-23,25,47-48H2,(H2,49,58)(H2,50,59)(H,52,64)(H,53,60)(H,54,61)(H,55,62)(H,56,63)/t33-,35-,36-,37?,38-,39-/m0/s1. The zero-order valence-corrected chi connectivity index (χ0v) is 36.5. The van der Waals surface area contributed by atoms with E-state index in [1.165, 1.54) is 12.1 Å². The summed E-state index contributed by atoms with van der Waals surface area (Å²) in [5, 5.41) is 25.9. The van der Waals surface area contributed by atoms with Gasteiger partial charge in [-0.15, -0.1) is 0 Å². The summed E-state index contributed by atoms with van der Waals surface area (Å²) in [5.74, 6) is -5.64. The first-order valence-electron chi connectivity index (χ1n) is 21.1. The highest BCUT2D eigenvalue weighted by molar-refractivity contribution is 7.80. The Labute approximate surface area is 380 Å². The Bertz CT molecular complexity index is 2480. The first kappa shape index (κ1) is 49.1. The van der Waals surface area contributed by atoms with Gasteiger partial charge in [-0.25, -0.2) is 0 Å². The molecule has 0 fully saturated rings. The Morgan fingerprint density at radius 2 is 1.15 bits per heavy atom. The third kappa shape index (κ3) is 14.3. The monoisotopic (exact) mass is 908 g/mol. The number of para-hydroxylation sites is 1. The molecular weight excluding hydrogens is 853 g/mol. The van der Waals surface area contributed by atoms with Crippen molar-refractivity contribution in [3.8, 4) is 5.75 Å². The molecule has 344 valence electrons. The van der Waals surface area contributed by atoms with Crippen LogP contribution in [0.3, 0.4) is 0 Å².